The number of aliphatic imine (C=N–C) groups is 1. The van der Waals surface area contributed by atoms with Crippen LogP contribution >= 0.6 is 12.2 Å². The highest BCUT2D eigenvalue weighted by Crippen LogP contribution is 2.19. The van der Waals surface area contributed by atoms with Gasteiger partial charge in [0.15, 0.2) is 0 Å². The predicted octanol–water partition coefficient (Wildman–Crippen LogP) is 1.44. The van der Waals surface area contributed by atoms with Crippen molar-refractivity contribution >= 4 is 29.1 Å². The normalized spacial score (nSPS) is 21.1. The number of thiocarbonyl (C=S) groups is 1. The molecule has 6 heteroatoms. The van der Waals surface area contributed by atoms with E-state index in [4.69, 9.17) is 17.3 Å². The Bertz CT molecular complexity index is 328. The zero-order chi connectivity index (χ0) is 12.3. The molecule has 5 nitrogen and oxygen atoms in total. The Kier molecular flexibility index (Phi) is 4.23. The fraction of sp³-hybridized carbons (Fsp3) is 0.700. The monoisotopic (exact) mass is 243 g/mol. The number of rotatable bonds is 1. The molecule has 0 bridgehead atoms. The molecule has 1 rings (SSSR count). The van der Waals surface area contributed by atoms with Crippen molar-refractivity contribution in [3.8, 4) is 0 Å². The van der Waals surface area contributed by atoms with E-state index in [9.17, 15) is 4.79 Å². The molecule has 1 heterocycles. The van der Waals surface area contributed by atoms with Crippen LogP contribution in [0.5, 0.6) is 0 Å². The molecule has 0 aromatic heterocycles. The van der Waals surface area contributed by atoms with Gasteiger partial charge in [-0.2, -0.15) is 0 Å². The molecule has 0 aromatic carbocycles. The minimum absolute atomic E-state index is 0.234. The summed E-state index contributed by atoms with van der Waals surface area (Å²) in [7, 11) is 3.76. The van der Waals surface area contributed by atoms with E-state index in [-0.39, 0.29) is 6.04 Å². The molecular weight excluding hydrogens is 226 g/mol. The number of carbonyl (C=O) groups is 1. The third kappa shape index (κ3) is 2.91. The summed E-state index contributed by atoms with van der Waals surface area (Å²) >= 11 is 5.19. The zero-order valence-electron chi connectivity index (χ0n) is 9.80. The smallest absolute Gasteiger partial charge is 0.407 e. The number of hydrogen-bond acceptors (Lipinski definition) is 2. The van der Waals surface area contributed by atoms with E-state index in [2.05, 4.69) is 4.99 Å². The Morgan fingerprint density at radius 3 is 2.69 bits per heavy atom. The van der Waals surface area contributed by atoms with Gasteiger partial charge in [-0.3, -0.25) is 4.90 Å². The Hall–Kier alpha value is -1.17. The maximum absolute atomic E-state index is 10.9. The van der Waals surface area contributed by atoms with Gasteiger partial charge in [0.1, 0.15) is 10.8 Å². The Labute approximate surface area is 101 Å². The van der Waals surface area contributed by atoms with Gasteiger partial charge in [0, 0.05) is 20.6 Å². The first-order valence-electron chi connectivity index (χ1n) is 5.19. The molecule has 16 heavy (non-hydrogen) atoms. The molecule has 0 aromatic rings. The highest BCUT2D eigenvalue weighted by molar-refractivity contribution is 7.80. The van der Waals surface area contributed by atoms with Crippen LogP contribution in [0.25, 0.3) is 0 Å². The summed E-state index contributed by atoms with van der Waals surface area (Å²) < 4.78 is 0. The predicted molar refractivity (Wildman–Crippen MR) is 67.1 cm³/mol. The van der Waals surface area contributed by atoms with Crippen LogP contribution in [0.2, 0.25) is 0 Å². The molecule has 1 atom stereocenters. The van der Waals surface area contributed by atoms with Gasteiger partial charge in [-0.1, -0.05) is 12.2 Å². The third-order valence-corrected chi connectivity index (χ3v) is 3.07. The molecule has 1 N–H and O–H groups in total. The first-order valence-corrected chi connectivity index (χ1v) is 5.60. The second kappa shape index (κ2) is 5.25. The summed E-state index contributed by atoms with van der Waals surface area (Å²) in [5.74, 6) is 0.794. The van der Waals surface area contributed by atoms with E-state index in [0.29, 0.717) is 11.5 Å². The SMILES string of the molecule is CC(=NC(=S)C1CCCN1C(=O)O)N(C)C. The van der Waals surface area contributed by atoms with Crippen molar-refractivity contribution in [3.05, 3.63) is 0 Å². The molecule has 90 valence electrons. The lowest BCUT2D eigenvalue weighted by molar-refractivity contribution is 0.150. The van der Waals surface area contributed by atoms with Crippen molar-refractivity contribution in [1.82, 2.24) is 9.80 Å². The van der Waals surface area contributed by atoms with E-state index in [0.717, 1.165) is 18.7 Å². The van der Waals surface area contributed by atoms with Gasteiger partial charge < -0.3 is 10.0 Å². The highest BCUT2D eigenvalue weighted by Gasteiger charge is 2.31. The van der Waals surface area contributed by atoms with Crippen molar-refractivity contribution in [2.45, 2.75) is 25.8 Å². The van der Waals surface area contributed by atoms with Gasteiger partial charge in [0.25, 0.3) is 0 Å². The summed E-state index contributed by atoms with van der Waals surface area (Å²) in [4.78, 5) is 18.9. The zero-order valence-corrected chi connectivity index (χ0v) is 10.6. The van der Waals surface area contributed by atoms with Gasteiger partial charge in [0.05, 0.1) is 6.04 Å². The molecule has 1 aliphatic rings. The fourth-order valence-electron chi connectivity index (χ4n) is 1.59. The first-order chi connectivity index (χ1) is 7.43. The van der Waals surface area contributed by atoms with Gasteiger partial charge in [-0.25, -0.2) is 9.79 Å². The molecule has 1 aliphatic heterocycles. The molecule has 0 radical (unpaired) electrons. The molecule has 0 aliphatic carbocycles. The quantitative estimate of drug-likeness (QED) is 0.430. The second-order valence-electron chi connectivity index (χ2n) is 4.03. The molecule has 0 saturated carbocycles. The van der Waals surface area contributed by atoms with E-state index in [1.165, 1.54) is 4.90 Å². The molecule has 1 saturated heterocycles. The van der Waals surface area contributed by atoms with E-state index < -0.39 is 6.09 Å². The van der Waals surface area contributed by atoms with Crippen LogP contribution in [-0.2, 0) is 0 Å². The van der Waals surface area contributed by atoms with Crippen molar-refractivity contribution in [2.75, 3.05) is 20.6 Å². The van der Waals surface area contributed by atoms with Gasteiger partial charge in [0.2, 0.25) is 0 Å². The number of likely N-dealkylation sites (tertiary alicyclic amines) is 1. The summed E-state index contributed by atoms with van der Waals surface area (Å²) in [6.07, 6.45) is 0.714. The maximum Gasteiger partial charge on any atom is 0.407 e. The Balaban J connectivity index is 2.74. The molecule has 0 spiro atoms. The number of carboxylic acid groups (broad SMARTS) is 1. The van der Waals surface area contributed by atoms with Crippen LogP contribution in [0.4, 0.5) is 4.79 Å². The number of hydrogen-bond donors (Lipinski definition) is 1. The Morgan fingerprint density at radius 1 is 1.56 bits per heavy atom. The third-order valence-electron chi connectivity index (χ3n) is 2.70. The summed E-state index contributed by atoms with van der Waals surface area (Å²) in [6, 6.07) is -0.234. The van der Waals surface area contributed by atoms with Crippen LogP contribution in [-0.4, -0.2) is 58.5 Å². The average Bonchev–Trinajstić information content (AvgIpc) is 2.65. The highest BCUT2D eigenvalue weighted by atomic mass is 32.1. The van der Waals surface area contributed by atoms with Crippen LogP contribution in [0.15, 0.2) is 4.99 Å². The van der Waals surface area contributed by atoms with Crippen molar-refractivity contribution in [2.24, 2.45) is 4.99 Å². The van der Waals surface area contributed by atoms with Crippen LogP contribution in [0, 0.1) is 0 Å². The van der Waals surface area contributed by atoms with E-state index in [1.807, 2.05) is 25.9 Å². The van der Waals surface area contributed by atoms with E-state index in [1.54, 1.807) is 0 Å². The molecule has 1 unspecified atom stereocenters. The average molecular weight is 243 g/mol. The summed E-state index contributed by atoms with van der Waals surface area (Å²) in [5.41, 5.74) is 0. The lowest BCUT2D eigenvalue weighted by atomic mass is 10.2. The minimum Gasteiger partial charge on any atom is -0.465 e. The van der Waals surface area contributed by atoms with Crippen LogP contribution < -0.4 is 0 Å². The van der Waals surface area contributed by atoms with Gasteiger partial charge in [-0.15, -0.1) is 0 Å². The molecule has 1 amide bonds. The minimum atomic E-state index is -0.914. The van der Waals surface area contributed by atoms with Crippen molar-refractivity contribution < 1.29 is 9.90 Å². The largest absolute Gasteiger partial charge is 0.465 e. The number of nitrogens with zero attached hydrogens (tertiary/aromatic N) is 3. The molecular formula is C10H17N3O2S. The van der Waals surface area contributed by atoms with E-state index >= 15 is 0 Å². The summed E-state index contributed by atoms with van der Waals surface area (Å²) in [6.45, 7) is 2.41. The summed E-state index contributed by atoms with van der Waals surface area (Å²) in [5, 5.41) is 8.98. The van der Waals surface area contributed by atoms with Crippen molar-refractivity contribution in [1.29, 1.82) is 0 Å². The van der Waals surface area contributed by atoms with Gasteiger partial charge >= 0.3 is 6.09 Å². The van der Waals surface area contributed by atoms with Gasteiger partial charge in [-0.05, 0) is 19.8 Å². The van der Waals surface area contributed by atoms with Crippen molar-refractivity contribution in [3.63, 3.8) is 0 Å². The topological polar surface area (TPSA) is 56.1 Å². The fourth-order valence-corrected chi connectivity index (χ4v) is 1.96. The Morgan fingerprint density at radius 2 is 2.19 bits per heavy atom. The first kappa shape index (κ1) is 12.9. The number of amidine groups is 1. The maximum atomic E-state index is 10.9. The van der Waals surface area contributed by atoms with Crippen LogP contribution in [0.3, 0.4) is 0 Å². The number of amides is 1. The lowest BCUT2D eigenvalue weighted by Crippen LogP contribution is -2.39. The second-order valence-corrected chi connectivity index (χ2v) is 4.44. The molecule has 1 fully saturated rings. The van der Waals surface area contributed by atoms with Crippen LogP contribution in [0.1, 0.15) is 19.8 Å². The lowest BCUT2D eigenvalue weighted by Gasteiger charge is -2.21. The standard InChI is InChI=1S/C10H17N3O2S/c1-7(12(2)3)11-9(16)8-5-4-6-13(8)10(14)15/h8H,4-6H2,1-3H3,(H,14,15).